The van der Waals surface area contributed by atoms with Gasteiger partial charge in [0.15, 0.2) is 0 Å². The summed E-state index contributed by atoms with van der Waals surface area (Å²) in [5.74, 6) is -0.345. The third-order valence-corrected chi connectivity index (χ3v) is 3.35. The SMILES string of the molecule is O=c1[nH]nc(-c2ccc(Cl)cc2)cc1-c1ccc(F)cc1. The van der Waals surface area contributed by atoms with Crippen molar-refractivity contribution in [3.8, 4) is 22.4 Å². The second kappa shape index (κ2) is 5.50. The topological polar surface area (TPSA) is 45.8 Å². The summed E-state index contributed by atoms with van der Waals surface area (Å²) in [5, 5.41) is 7.12. The van der Waals surface area contributed by atoms with Crippen molar-refractivity contribution in [2.45, 2.75) is 0 Å². The van der Waals surface area contributed by atoms with Crippen molar-refractivity contribution in [1.82, 2.24) is 10.2 Å². The number of hydrogen-bond donors (Lipinski definition) is 1. The molecule has 1 heterocycles. The van der Waals surface area contributed by atoms with Crippen LogP contribution in [0.15, 0.2) is 59.4 Å². The third kappa shape index (κ3) is 2.85. The molecule has 2 aromatic carbocycles. The number of hydrogen-bond acceptors (Lipinski definition) is 2. The van der Waals surface area contributed by atoms with E-state index in [4.69, 9.17) is 11.6 Å². The molecule has 0 atom stereocenters. The fourth-order valence-electron chi connectivity index (χ4n) is 2.02. The van der Waals surface area contributed by atoms with Gasteiger partial charge in [-0.2, -0.15) is 5.10 Å². The summed E-state index contributed by atoms with van der Waals surface area (Å²) >= 11 is 5.85. The Morgan fingerprint density at radius 2 is 1.57 bits per heavy atom. The van der Waals surface area contributed by atoms with E-state index in [-0.39, 0.29) is 11.4 Å². The molecule has 0 saturated carbocycles. The number of nitrogens with zero attached hydrogens (tertiary/aromatic N) is 1. The number of halogens is 2. The van der Waals surface area contributed by atoms with Gasteiger partial charge in [0, 0.05) is 10.6 Å². The molecule has 0 fully saturated rings. The largest absolute Gasteiger partial charge is 0.272 e. The van der Waals surface area contributed by atoms with Crippen LogP contribution in [0.4, 0.5) is 4.39 Å². The van der Waals surface area contributed by atoms with Crippen LogP contribution in [0.5, 0.6) is 0 Å². The first-order chi connectivity index (χ1) is 10.1. The van der Waals surface area contributed by atoms with E-state index in [9.17, 15) is 9.18 Å². The molecule has 0 amide bonds. The summed E-state index contributed by atoms with van der Waals surface area (Å²) in [5.41, 5.74) is 2.20. The van der Waals surface area contributed by atoms with E-state index in [1.807, 2.05) is 12.1 Å². The lowest BCUT2D eigenvalue weighted by molar-refractivity contribution is 0.628. The smallest absolute Gasteiger partial charge is 0.267 e. The zero-order chi connectivity index (χ0) is 14.8. The minimum absolute atomic E-state index is 0.320. The molecule has 1 N–H and O–H groups in total. The van der Waals surface area contributed by atoms with Crippen LogP contribution in [0, 0.1) is 5.82 Å². The molecule has 104 valence electrons. The first-order valence-electron chi connectivity index (χ1n) is 6.25. The number of nitrogens with one attached hydrogen (secondary N) is 1. The quantitative estimate of drug-likeness (QED) is 0.780. The van der Waals surface area contributed by atoms with Crippen molar-refractivity contribution >= 4 is 11.6 Å². The maximum atomic E-state index is 13.0. The summed E-state index contributed by atoms with van der Waals surface area (Å²) in [7, 11) is 0. The highest BCUT2D eigenvalue weighted by Crippen LogP contribution is 2.22. The maximum absolute atomic E-state index is 13.0. The second-order valence-corrected chi connectivity index (χ2v) is 4.95. The minimum atomic E-state index is -0.345. The predicted octanol–water partition coefficient (Wildman–Crippen LogP) is 3.90. The Kier molecular flexibility index (Phi) is 3.54. The molecule has 0 aliphatic rings. The molecule has 21 heavy (non-hydrogen) atoms. The van der Waals surface area contributed by atoms with Crippen LogP contribution in [0.25, 0.3) is 22.4 Å². The monoisotopic (exact) mass is 300 g/mol. The van der Waals surface area contributed by atoms with E-state index >= 15 is 0 Å². The molecule has 0 aliphatic heterocycles. The summed E-state index contributed by atoms with van der Waals surface area (Å²) in [4.78, 5) is 11.9. The second-order valence-electron chi connectivity index (χ2n) is 4.51. The Hall–Kier alpha value is -2.46. The molecule has 0 spiro atoms. The Bertz CT molecular complexity index is 826. The number of aromatic amines is 1. The lowest BCUT2D eigenvalue weighted by Crippen LogP contribution is -2.11. The molecule has 0 saturated heterocycles. The molecule has 3 rings (SSSR count). The highest BCUT2D eigenvalue weighted by Gasteiger charge is 2.08. The van der Waals surface area contributed by atoms with Crippen molar-refractivity contribution in [3.63, 3.8) is 0 Å². The van der Waals surface area contributed by atoms with E-state index in [0.29, 0.717) is 21.8 Å². The number of H-pyrrole nitrogens is 1. The van der Waals surface area contributed by atoms with Gasteiger partial charge in [0.25, 0.3) is 5.56 Å². The van der Waals surface area contributed by atoms with Crippen molar-refractivity contribution in [1.29, 1.82) is 0 Å². The van der Waals surface area contributed by atoms with E-state index in [2.05, 4.69) is 10.2 Å². The molecule has 3 nitrogen and oxygen atoms in total. The standard InChI is InChI=1S/C16H10ClFN2O/c17-12-5-1-11(2-6-12)15-9-14(16(21)20-19-15)10-3-7-13(18)8-4-10/h1-9H,(H,20,21). The van der Waals surface area contributed by atoms with Gasteiger partial charge in [0.2, 0.25) is 0 Å². The van der Waals surface area contributed by atoms with Gasteiger partial charge in [-0.25, -0.2) is 9.49 Å². The van der Waals surface area contributed by atoms with Crippen molar-refractivity contribution < 1.29 is 4.39 Å². The van der Waals surface area contributed by atoms with Crippen LogP contribution in [0.3, 0.4) is 0 Å². The molecule has 0 radical (unpaired) electrons. The maximum Gasteiger partial charge on any atom is 0.272 e. The normalized spacial score (nSPS) is 10.6. The third-order valence-electron chi connectivity index (χ3n) is 3.10. The van der Waals surface area contributed by atoms with Gasteiger partial charge in [0.05, 0.1) is 11.3 Å². The van der Waals surface area contributed by atoms with Crippen LogP contribution in [0.2, 0.25) is 5.02 Å². The fourth-order valence-corrected chi connectivity index (χ4v) is 2.14. The molecule has 3 aromatic rings. The highest BCUT2D eigenvalue weighted by atomic mass is 35.5. The molecule has 5 heteroatoms. The summed E-state index contributed by atoms with van der Waals surface area (Å²) < 4.78 is 13.0. The number of rotatable bonds is 2. The summed E-state index contributed by atoms with van der Waals surface area (Å²) in [6.45, 7) is 0. The highest BCUT2D eigenvalue weighted by molar-refractivity contribution is 6.30. The summed E-state index contributed by atoms with van der Waals surface area (Å²) in [6.07, 6.45) is 0. The van der Waals surface area contributed by atoms with Gasteiger partial charge in [-0.1, -0.05) is 35.9 Å². The van der Waals surface area contributed by atoms with Gasteiger partial charge < -0.3 is 0 Å². The Morgan fingerprint density at radius 1 is 0.952 bits per heavy atom. The van der Waals surface area contributed by atoms with Crippen LogP contribution in [-0.4, -0.2) is 10.2 Å². The average Bonchev–Trinajstić information content (AvgIpc) is 2.50. The van der Waals surface area contributed by atoms with Gasteiger partial charge in [-0.15, -0.1) is 0 Å². The molecule has 0 aliphatic carbocycles. The van der Waals surface area contributed by atoms with E-state index in [1.54, 1.807) is 30.3 Å². The minimum Gasteiger partial charge on any atom is -0.267 e. The number of benzene rings is 2. The Balaban J connectivity index is 2.10. The fraction of sp³-hybridized carbons (Fsp3) is 0. The van der Waals surface area contributed by atoms with Crippen LogP contribution < -0.4 is 5.56 Å². The van der Waals surface area contributed by atoms with Crippen molar-refractivity contribution in [2.75, 3.05) is 0 Å². The molecular weight excluding hydrogens is 291 g/mol. The molecular formula is C16H10ClFN2O. The molecule has 0 bridgehead atoms. The van der Waals surface area contributed by atoms with E-state index < -0.39 is 0 Å². The number of aromatic nitrogens is 2. The van der Waals surface area contributed by atoms with Gasteiger partial charge in [0.1, 0.15) is 5.82 Å². The van der Waals surface area contributed by atoms with Crippen LogP contribution in [-0.2, 0) is 0 Å². The van der Waals surface area contributed by atoms with Crippen molar-refractivity contribution in [3.05, 3.63) is 75.8 Å². The zero-order valence-corrected chi connectivity index (χ0v) is 11.6. The van der Waals surface area contributed by atoms with E-state index in [1.165, 1.54) is 12.1 Å². The first-order valence-corrected chi connectivity index (χ1v) is 6.63. The lowest BCUT2D eigenvalue weighted by atomic mass is 10.0. The average molecular weight is 301 g/mol. The van der Waals surface area contributed by atoms with Crippen molar-refractivity contribution in [2.24, 2.45) is 0 Å². The van der Waals surface area contributed by atoms with Gasteiger partial charge in [-0.05, 0) is 35.9 Å². The predicted molar refractivity (Wildman–Crippen MR) is 80.7 cm³/mol. The lowest BCUT2D eigenvalue weighted by Gasteiger charge is -2.04. The Labute approximate surface area is 125 Å². The summed E-state index contributed by atoms with van der Waals surface area (Å²) in [6, 6.07) is 14.6. The van der Waals surface area contributed by atoms with Crippen LogP contribution in [0.1, 0.15) is 0 Å². The molecule has 0 unspecified atom stereocenters. The van der Waals surface area contributed by atoms with Gasteiger partial charge in [-0.3, -0.25) is 4.79 Å². The van der Waals surface area contributed by atoms with Crippen LogP contribution >= 0.6 is 11.6 Å². The first kappa shape index (κ1) is 13.5. The van der Waals surface area contributed by atoms with Gasteiger partial charge >= 0.3 is 0 Å². The van der Waals surface area contributed by atoms with E-state index in [0.717, 1.165) is 5.56 Å². The zero-order valence-electron chi connectivity index (χ0n) is 10.8. The molecule has 1 aromatic heterocycles. The Morgan fingerprint density at radius 3 is 2.24 bits per heavy atom.